The molecular weight excluding hydrogens is 230 g/mol. The Labute approximate surface area is 108 Å². The van der Waals surface area contributed by atoms with Gasteiger partial charge in [0.25, 0.3) is 5.91 Å². The summed E-state index contributed by atoms with van der Waals surface area (Å²) in [4.78, 5) is 25.8. The van der Waals surface area contributed by atoms with E-state index in [-0.39, 0.29) is 11.9 Å². The third-order valence-electron chi connectivity index (χ3n) is 3.98. The van der Waals surface area contributed by atoms with Crippen LogP contribution in [0, 0.1) is 5.92 Å². The van der Waals surface area contributed by atoms with E-state index in [1.54, 1.807) is 0 Å². The Kier molecular flexibility index (Phi) is 3.90. The minimum atomic E-state index is -0.617. The van der Waals surface area contributed by atoms with Crippen LogP contribution in [0.25, 0.3) is 0 Å². The van der Waals surface area contributed by atoms with Crippen molar-refractivity contribution in [1.29, 1.82) is 0 Å². The van der Waals surface area contributed by atoms with E-state index in [2.05, 4.69) is 24.5 Å². The second kappa shape index (κ2) is 5.26. The number of nitrogens with zero attached hydrogens (tertiary/aromatic N) is 1. The van der Waals surface area contributed by atoms with E-state index in [0.717, 1.165) is 25.9 Å². The molecule has 3 amide bonds. The molecule has 0 aromatic carbocycles. The van der Waals surface area contributed by atoms with Gasteiger partial charge in [0.15, 0.2) is 0 Å². The molecule has 0 aromatic rings. The number of rotatable bonds is 4. The molecule has 2 aliphatic rings. The van der Waals surface area contributed by atoms with Crippen molar-refractivity contribution in [2.45, 2.75) is 45.1 Å². The molecule has 0 saturated carbocycles. The Morgan fingerprint density at radius 2 is 2.00 bits per heavy atom. The number of imide groups is 1. The highest BCUT2D eigenvalue weighted by atomic mass is 16.2. The molecule has 0 aromatic heterocycles. The van der Waals surface area contributed by atoms with Crippen LogP contribution in [-0.4, -0.2) is 42.0 Å². The summed E-state index contributed by atoms with van der Waals surface area (Å²) in [5.41, 5.74) is -0.617. The lowest BCUT2D eigenvalue weighted by Gasteiger charge is -2.31. The summed E-state index contributed by atoms with van der Waals surface area (Å²) in [6.45, 7) is 6.36. The maximum absolute atomic E-state index is 12.4. The number of piperidine rings is 1. The van der Waals surface area contributed by atoms with Gasteiger partial charge < -0.3 is 10.6 Å². The smallest absolute Gasteiger partial charge is 0.323 e. The SMILES string of the molecule is CCCC(C)CN1C(=O)NC2(CCNCC2)C1=O. The van der Waals surface area contributed by atoms with Crippen molar-refractivity contribution >= 4 is 11.9 Å². The Balaban J connectivity index is 2.04. The zero-order valence-electron chi connectivity index (χ0n) is 11.3. The summed E-state index contributed by atoms with van der Waals surface area (Å²) in [5, 5.41) is 6.14. The van der Waals surface area contributed by atoms with Gasteiger partial charge in [-0.25, -0.2) is 4.79 Å². The minimum absolute atomic E-state index is 0.0167. The molecule has 2 aliphatic heterocycles. The van der Waals surface area contributed by atoms with Crippen molar-refractivity contribution in [3.8, 4) is 0 Å². The van der Waals surface area contributed by atoms with Crippen LogP contribution in [-0.2, 0) is 4.79 Å². The van der Waals surface area contributed by atoms with E-state index in [0.29, 0.717) is 25.3 Å². The largest absolute Gasteiger partial charge is 0.325 e. The summed E-state index contributed by atoms with van der Waals surface area (Å²) in [5.74, 6) is 0.360. The van der Waals surface area contributed by atoms with Crippen molar-refractivity contribution in [1.82, 2.24) is 15.5 Å². The summed E-state index contributed by atoms with van der Waals surface area (Å²) in [6, 6.07) is -0.204. The average molecular weight is 253 g/mol. The third-order valence-corrected chi connectivity index (χ3v) is 3.98. The highest BCUT2D eigenvalue weighted by Gasteiger charge is 2.51. The fourth-order valence-corrected chi connectivity index (χ4v) is 2.93. The van der Waals surface area contributed by atoms with Crippen LogP contribution in [0.5, 0.6) is 0 Å². The highest BCUT2D eigenvalue weighted by Crippen LogP contribution is 2.27. The van der Waals surface area contributed by atoms with Gasteiger partial charge in [0.1, 0.15) is 5.54 Å². The molecule has 102 valence electrons. The Bertz CT molecular complexity index is 337. The quantitative estimate of drug-likeness (QED) is 0.737. The molecule has 2 rings (SSSR count). The number of carbonyl (C=O) groups excluding carboxylic acids is 2. The molecule has 2 saturated heterocycles. The molecule has 2 N–H and O–H groups in total. The van der Waals surface area contributed by atoms with Crippen LogP contribution < -0.4 is 10.6 Å². The molecule has 1 atom stereocenters. The van der Waals surface area contributed by atoms with Gasteiger partial charge in [-0.15, -0.1) is 0 Å². The second-order valence-electron chi connectivity index (χ2n) is 5.57. The van der Waals surface area contributed by atoms with E-state index < -0.39 is 5.54 Å². The van der Waals surface area contributed by atoms with E-state index in [1.165, 1.54) is 4.90 Å². The maximum Gasteiger partial charge on any atom is 0.325 e. The first kappa shape index (κ1) is 13.3. The molecule has 0 radical (unpaired) electrons. The van der Waals surface area contributed by atoms with Crippen LogP contribution in [0.4, 0.5) is 4.79 Å². The highest BCUT2D eigenvalue weighted by molar-refractivity contribution is 6.07. The van der Waals surface area contributed by atoms with E-state index >= 15 is 0 Å². The maximum atomic E-state index is 12.4. The van der Waals surface area contributed by atoms with Gasteiger partial charge >= 0.3 is 6.03 Å². The first-order chi connectivity index (χ1) is 8.59. The first-order valence-electron chi connectivity index (χ1n) is 6.94. The van der Waals surface area contributed by atoms with Crippen LogP contribution in [0.1, 0.15) is 39.5 Å². The number of hydrogen-bond acceptors (Lipinski definition) is 3. The Morgan fingerprint density at radius 3 is 2.61 bits per heavy atom. The van der Waals surface area contributed by atoms with Crippen molar-refractivity contribution in [3.63, 3.8) is 0 Å². The Hall–Kier alpha value is -1.10. The van der Waals surface area contributed by atoms with Gasteiger partial charge in [0.2, 0.25) is 0 Å². The number of hydrogen-bond donors (Lipinski definition) is 2. The lowest BCUT2D eigenvalue weighted by molar-refractivity contribution is -0.132. The van der Waals surface area contributed by atoms with Crippen LogP contribution in [0.15, 0.2) is 0 Å². The monoisotopic (exact) mass is 253 g/mol. The molecule has 2 heterocycles. The molecule has 2 fully saturated rings. The standard InChI is InChI=1S/C13H23N3O2/c1-3-4-10(2)9-16-11(17)13(15-12(16)18)5-7-14-8-6-13/h10,14H,3-9H2,1-2H3,(H,15,18). The van der Waals surface area contributed by atoms with E-state index in [1.807, 2.05) is 0 Å². The summed E-state index contributed by atoms with van der Waals surface area (Å²) >= 11 is 0. The number of nitrogens with one attached hydrogen (secondary N) is 2. The van der Waals surface area contributed by atoms with Crippen molar-refractivity contribution < 1.29 is 9.59 Å². The molecule has 1 spiro atoms. The Morgan fingerprint density at radius 1 is 1.33 bits per heavy atom. The van der Waals surface area contributed by atoms with Gasteiger partial charge in [0.05, 0.1) is 0 Å². The predicted octanol–water partition coefficient (Wildman–Crippen LogP) is 1.10. The lowest BCUT2D eigenvalue weighted by atomic mass is 9.88. The van der Waals surface area contributed by atoms with Crippen LogP contribution in [0.2, 0.25) is 0 Å². The normalized spacial score (nSPS) is 24.4. The van der Waals surface area contributed by atoms with E-state index in [4.69, 9.17) is 0 Å². The number of carbonyl (C=O) groups is 2. The number of amides is 3. The fraction of sp³-hybridized carbons (Fsp3) is 0.846. The average Bonchev–Trinajstić information content (AvgIpc) is 2.55. The first-order valence-corrected chi connectivity index (χ1v) is 6.94. The van der Waals surface area contributed by atoms with Crippen LogP contribution >= 0.6 is 0 Å². The fourth-order valence-electron chi connectivity index (χ4n) is 2.93. The van der Waals surface area contributed by atoms with Gasteiger partial charge in [-0.05, 0) is 38.3 Å². The molecule has 0 aliphatic carbocycles. The predicted molar refractivity (Wildman–Crippen MR) is 69.2 cm³/mol. The summed E-state index contributed by atoms with van der Waals surface area (Å²) < 4.78 is 0. The zero-order chi connectivity index (χ0) is 13.2. The minimum Gasteiger partial charge on any atom is -0.323 e. The summed E-state index contributed by atoms with van der Waals surface area (Å²) in [7, 11) is 0. The third kappa shape index (κ3) is 2.36. The van der Waals surface area contributed by atoms with Crippen molar-refractivity contribution in [2.24, 2.45) is 5.92 Å². The molecular formula is C13H23N3O2. The molecule has 18 heavy (non-hydrogen) atoms. The van der Waals surface area contributed by atoms with Crippen molar-refractivity contribution in [2.75, 3.05) is 19.6 Å². The van der Waals surface area contributed by atoms with Gasteiger partial charge in [0, 0.05) is 6.54 Å². The van der Waals surface area contributed by atoms with E-state index in [9.17, 15) is 9.59 Å². The molecule has 1 unspecified atom stereocenters. The molecule has 5 nitrogen and oxygen atoms in total. The van der Waals surface area contributed by atoms with Gasteiger partial charge in [-0.3, -0.25) is 9.69 Å². The lowest BCUT2D eigenvalue weighted by Crippen LogP contribution is -2.54. The second-order valence-corrected chi connectivity index (χ2v) is 5.57. The number of urea groups is 1. The summed E-state index contributed by atoms with van der Waals surface area (Å²) in [6.07, 6.45) is 3.54. The topological polar surface area (TPSA) is 61.4 Å². The van der Waals surface area contributed by atoms with Gasteiger partial charge in [-0.1, -0.05) is 20.3 Å². The van der Waals surface area contributed by atoms with Gasteiger partial charge in [-0.2, -0.15) is 0 Å². The zero-order valence-corrected chi connectivity index (χ0v) is 11.3. The molecule has 0 bridgehead atoms. The van der Waals surface area contributed by atoms with Crippen LogP contribution in [0.3, 0.4) is 0 Å². The van der Waals surface area contributed by atoms with Crippen molar-refractivity contribution in [3.05, 3.63) is 0 Å². The molecule has 5 heteroatoms.